The normalized spacial score (nSPS) is 25.2. The Morgan fingerprint density at radius 2 is 0.875 bits per heavy atom. The van der Waals surface area contributed by atoms with Crippen LogP contribution in [-0.2, 0) is 23.7 Å². The Morgan fingerprint density at radius 3 is 1.38 bits per heavy atom. The second-order valence-corrected chi connectivity index (χ2v) is 20.7. The summed E-state index contributed by atoms with van der Waals surface area (Å²) in [4.78, 5) is 13.2. The first-order chi connectivity index (χ1) is 39.1. The van der Waals surface area contributed by atoms with Crippen LogP contribution in [0.5, 0.6) is 0 Å². The zero-order valence-electron chi connectivity index (χ0n) is 48.8. The van der Waals surface area contributed by atoms with E-state index in [1.165, 1.54) is 32.1 Å². The smallest absolute Gasteiger partial charge is 0.220 e. The summed E-state index contributed by atoms with van der Waals surface area (Å²) < 4.78 is 22.7. The third kappa shape index (κ3) is 34.5. The SMILES string of the molecule is CC/C=C\C/C=C\C/C=C\C/C=C\C/C=C\C/C=C\C/C=C\C/C=C\C/C=C\CCCCCCCCCCCC(=O)NC(COC1OC(CO)C(OC2OC(CO)C(O)C(O)C2O)C(O)C1O)C(O)/C=C/CC/C=C/CCCCC. The average molecular weight is 1120 g/mol. The molecule has 12 atom stereocenters. The predicted octanol–water partition coefficient (Wildman–Crippen LogP) is 10.8. The van der Waals surface area contributed by atoms with Crippen LogP contribution in [0.2, 0.25) is 0 Å². The van der Waals surface area contributed by atoms with Gasteiger partial charge in [0.1, 0.15) is 48.8 Å². The molecule has 0 aliphatic carbocycles. The number of carbonyl (C=O) groups is 1. The van der Waals surface area contributed by atoms with Gasteiger partial charge in [0.05, 0.1) is 32.0 Å². The van der Waals surface area contributed by atoms with E-state index in [4.69, 9.17) is 18.9 Å². The highest BCUT2D eigenvalue weighted by molar-refractivity contribution is 5.76. The van der Waals surface area contributed by atoms with E-state index >= 15 is 0 Å². The van der Waals surface area contributed by atoms with Crippen LogP contribution in [0.4, 0.5) is 0 Å². The molecule has 80 heavy (non-hydrogen) atoms. The van der Waals surface area contributed by atoms with Gasteiger partial charge >= 0.3 is 0 Å². The number of aliphatic hydroxyl groups is 8. The molecule has 0 saturated carbocycles. The number of nitrogens with one attached hydrogen (secondary N) is 1. The minimum Gasteiger partial charge on any atom is -0.394 e. The Hall–Kier alpha value is -3.87. The largest absolute Gasteiger partial charge is 0.394 e. The van der Waals surface area contributed by atoms with E-state index in [1.807, 2.05) is 6.08 Å². The van der Waals surface area contributed by atoms with Crippen LogP contribution < -0.4 is 5.32 Å². The quantitative estimate of drug-likeness (QED) is 0.0204. The Kier molecular flexibility index (Phi) is 44.9. The van der Waals surface area contributed by atoms with Crippen molar-refractivity contribution in [3.8, 4) is 0 Å². The molecule has 0 bridgehead atoms. The van der Waals surface area contributed by atoms with Gasteiger partial charge in [0.2, 0.25) is 5.91 Å². The van der Waals surface area contributed by atoms with Gasteiger partial charge in [-0.25, -0.2) is 0 Å². The van der Waals surface area contributed by atoms with Crippen LogP contribution in [0.3, 0.4) is 0 Å². The third-order valence-electron chi connectivity index (χ3n) is 13.8. The van der Waals surface area contributed by atoms with Gasteiger partial charge in [-0.3, -0.25) is 4.79 Å². The number of allylic oxidation sites excluding steroid dienone is 21. The third-order valence-corrected chi connectivity index (χ3v) is 13.8. The van der Waals surface area contributed by atoms with Crippen LogP contribution in [0.1, 0.15) is 181 Å². The zero-order chi connectivity index (χ0) is 58.1. The number of amides is 1. The Balaban J connectivity index is 1.62. The fourth-order valence-corrected chi connectivity index (χ4v) is 8.94. The fraction of sp³-hybridized carbons (Fsp3) is 0.652. The molecule has 0 aromatic rings. The van der Waals surface area contributed by atoms with Crippen molar-refractivity contribution < 1.29 is 64.6 Å². The molecule has 14 nitrogen and oxygen atoms in total. The molecule has 2 rings (SSSR count). The molecule has 14 heteroatoms. The first-order valence-electron chi connectivity index (χ1n) is 30.4. The van der Waals surface area contributed by atoms with Crippen molar-refractivity contribution in [3.63, 3.8) is 0 Å². The first kappa shape index (κ1) is 72.2. The lowest BCUT2D eigenvalue weighted by molar-refractivity contribution is -0.359. The minimum atomic E-state index is -1.80. The molecular weight excluding hydrogens is 1010 g/mol. The number of hydrogen-bond donors (Lipinski definition) is 9. The van der Waals surface area contributed by atoms with Crippen molar-refractivity contribution in [2.45, 2.75) is 254 Å². The van der Waals surface area contributed by atoms with Crippen LogP contribution in [-0.4, -0.2) is 140 Å². The summed E-state index contributed by atoms with van der Waals surface area (Å²) in [6.07, 6.45) is 56.7. The van der Waals surface area contributed by atoms with Crippen molar-refractivity contribution in [2.24, 2.45) is 0 Å². The topological polar surface area (TPSA) is 228 Å². The van der Waals surface area contributed by atoms with E-state index in [2.05, 4.69) is 141 Å². The number of rotatable bonds is 46. The Morgan fingerprint density at radius 1 is 0.463 bits per heavy atom. The lowest BCUT2D eigenvalue weighted by atomic mass is 9.97. The molecule has 12 unspecified atom stereocenters. The van der Waals surface area contributed by atoms with Crippen LogP contribution in [0.15, 0.2) is 134 Å². The molecule has 2 fully saturated rings. The number of carbonyl (C=O) groups excluding carboxylic acids is 1. The fourth-order valence-electron chi connectivity index (χ4n) is 8.94. The molecule has 0 aromatic carbocycles. The summed E-state index contributed by atoms with van der Waals surface area (Å²) in [6, 6.07) is -0.942. The molecule has 2 heterocycles. The highest BCUT2D eigenvalue weighted by atomic mass is 16.7. The summed E-state index contributed by atoms with van der Waals surface area (Å²) >= 11 is 0. The first-order valence-corrected chi connectivity index (χ1v) is 30.4. The molecule has 2 aliphatic heterocycles. The van der Waals surface area contributed by atoms with Gasteiger partial charge in [0.25, 0.3) is 0 Å². The number of ether oxygens (including phenoxy) is 4. The summed E-state index contributed by atoms with van der Waals surface area (Å²) in [5.74, 6) is -0.266. The van der Waals surface area contributed by atoms with E-state index in [9.17, 15) is 45.6 Å². The van der Waals surface area contributed by atoms with Gasteiger partial charge in [-0.15, -0.1) is 0 Å². The van der Waals surface area contributed by atoms with E-state index in [0.29, 0.717) is 12.8 Å². The number of unbranched alkanes of at least 4 members (excludes halogenated alkanes) is 13. The van der Waals surface area contributed by atoms with Crippen molar-refractivity contribution in [1.29, 1.82) is 0 Å². The highest BCUT2D eigenvalue weighted by Crippen LogP contribution is 2.30. The average Bonchev–Trinajstić information content (AvgIpc) is 3.49. The number of hydrogen-bond acceptors (Lipinski definition) is 13. The lowest BCUT2D eigenvalue weighted by Crippen LogP contribution is -2.65. The monoisotopic (exact) mass is 1120 g/mol. The zero-order valence-corrected chi connectivity index (χ0v) is 48.8. The molecule has 454 valence electrons. The summed E-state index contributed by atoms with van der Waals surface area (Å²) in [5, 5.41) is 86.7. The molecule has 9 N–H and O–H groups in total. The molecular formula is C66H107NO13. The van der Waals surface area contributed by atoms with Crippen LogP contribution >= 0.6 is 0 Å². The van der Waals surface area contributed by atoms with Crippen LogP contribution in [0.25, 0.3) is 0 Å². The Bertz CT molecular complexity index is 1850. The second kappa shape index (κ2) is 49.7. The minimum absolute atomic E-state index is 0.257. The van der Waals surface area contributed by atoms with E-state index < -0.39 is 86.8 Å². The van der Waals surface area contributed by atoms with Crippen molar-refractivity contribution >= 4 is 5.91 Å². The van der Waals surface area contributed by atoms with Crippen molar-refractivity contribution in [3.05, 3.63) is 134 Å². The molecule has 2 saturated heterocycles. The standard InChI is InChI=1S/C66H107NO13/c1-3-5-7-9-11-13-14-15-16-17-18-19-20-21-22-23-24-25-26-27-28-29-30-31-32-33-34-35-36-37-38-39-40-42-44-46-48-50-58(71)67-54(55(70)49-47-45-43-41-12-10-8-6-4-2)53-77-65-63(76)61(74)64(57(52-69)79-65)80-66-62(75)60(73)59(72)56(51-68)78-66/h5,7,11-13,15-16,18-19,21-22,24-25,27-28,30-31,33-34,41,47,49,54-57,59-66,68-70,72-76H,3-4,6,8-10,14,17,20,23,26,29,32,35-40,42-46,48,50-53H2,1-2H3,(H,67,71)/b7-5-,13-11-,16-15-,19-18-,22-21-,25-24-,28-27-,31-30-,34-33-,41-12+,49-47+. The van der Waals surface area contributed by atoms with Gasteiger partial charge in [-0.05, 0) is 103 Å². The lowest BCUT2D eigenvalue weighted by Gasteiger charge is -2.46. The summed E-state index contributed by atoms with van der Waals surface area (Å²) in [6.45, 7) is 2.57. The maximum absolute atomic E-state index is 13.2. The predicted molar refractivity (Wildman–Crippen MR) is 322 cm³/mol. The molecule has 1 amide bonds. The van der Waals surface area contributed by atoms with Crippen molar-refractivity contribution in [2.75, 3.05) is 19.8 Å². The summed E-state index contributed by atoms with van der Waals surface area (Å²) in [5.41, 5.74) is 0. The summed E-state index contributed by atoms with van der Waals surface area (Å²) in [7, 11) is 0. The van der Waals surface area contributed by atoms with Gasteiger partial charge in [-0.1, -0.05) is 205 Å². The highest BCUT2D eigenvalue weighted by Gasteiger charge is 2.51. The van der Waals surface area contributed by atoms with Gasteiger partial charge in [0.15, 0.2) is 12.6 Å². The van der Waals surface area contributed by atoms with Gasteiger partial charge in [0, 0.05) is 6.42 Å². The molecule has 0 spiro atoms. The molecule has 0 aromatic heterocycles. The second-order valence-electron chi connectivity index (χ2n) is 20.7. The maximum atomic E-state index is 13.2. The van der Waals surface area contributed by atoms with Gasteiger partial charge < -0.3 is 65.1 Å². The van der Waals surface area contributed by atoms with E-state index in [1.54, 1.807) is 6.08 Å². The Labute approximate surface area is 481 Å². The van der Waals surface area contributed by atoms with Crippen molar-refractivity contribution in [1.82, 2.24) is 5.32 Å². The van der Waals surface area contributed by atoms with Crippen LogP contribution in [0, 0.1) is 0 Å². The van der Waals surface area contributed by atoms with Gasteiger partial charge in [-0.2, -0.15) is 0 Å². The van der Waals surface area contributed by atoms with E-state index in [-0.39, 0.29) is 18.9 Å². The van der Waals surface area contributed by atoms with E-state index in [0.717, 1.165) is 116 Å². The molecule has 0 radical (unpaired) electrons. The maximum Gasteiger partial charge on any atom is 0.220 e. The molecule has 2 aliphatic rings. The number of aliphatic hydroxyl groups excluding tert-OH is 8.